The minimum atomic E-state index is -0.881. The number of H-pyrrole nitrogens is 1. The van der Waals surface area contributed by atoms with Crippen molar-refractivity contribution in [3.63, 3.8) is 0 Å². The number of nitrogens with two attached hydrogens (primary N) is 1. The summed E-state index contributed by atoms with van der Waals surface area (Å²) in [6.07, 6.45) is 3.74. The highest BCUT2D eigenvalue weighted by Crippen LogP contribution is 2.20. The first-order valence-corrected chi connectivity index (χ1v) is 6.68. The van der Waals surface area contributed by atoms with Gasteiger partial charge < -0.3 is 10.7 Å². The number of halogens is 2. The summed E-state index contributed by atoms with van der Waals surface area (Å²) in [4.78, 5) is 7.17. The summed E-state index contributed by atoms with van der Waals surface area (Å²) in [5, 5.41) is 0. The molecule has 0 saturated heterocycles. The molecule has 0 spiro atoms. The Morgan fingerprint density at radius 1 is 1.32 bits per heavy atom. The number of aromatic nitrogens is 2. The molecule has 0 saturated carbocycles. The van der Waals surface area contributed by atoms with Gasteiger partial charge in [-0.2, -0.15) is 0 Å². The highest BCUT2D eigenvalue weighted by Gasteiger charge is 2.13. The number of rotatable bonds is 6. The Morgan fingerprint density at radius 2 is 2.11 bits per heavy atom. The van der Waals surface area contributed by atoms with Crippen molar-refractivity contribution in [2.24, 2.45) is 11.7 Å². The minimum absolute atomic E-state index is 0.0851. The van der Waals surface area contributed by atoms with Gasteiger partial charge in [0.1, 0.15) is 11.3 Å². The van der Waals surface area contributed by atoms with Gasteiger partial charge in [0.2, 0.25) is 0 Å². The van der Waals surface area contributed by atoms with Gasteiger partial charge >= 0.3 is 0 Å². The van der Waals surface area contributed by atoms with E-state index in [4.69, 9.17) is 5.73 Å². The number of nitrogens with zero attached hydrogens (tertiary/aromatic N) is 1. The van der Waals surface area contributed by atoms with Gasteiger partial charge in [0, 0.05) is 6.42 Å². The minimum Gasteiger partial charge on any atom is -0.342 e. The van der Waals surface area contributed by atoms with Crippen LogP contribution >= 0.6 is 0 Å². The normalized spacial score (nSPS) is 13.1. The molecule has 1 heterocycles. The van der Waals surface area contributed by atoms with Gasteiger partial charge in [-0.05, 0) is 37.4 Å². The van der Waals surface area contributed by atoms with Crippen molar-refractivity contribution in [3.8, 4) is 0 Å². The summed E-state index contributed by atoms with van der Waals surface area (Å²) in [6.45, 7) is 2.81. The number of aromatic amines is 1. The summed E-state index contributed by atoms with van der Waals surface area (Å²) in [5.41, 5.74) is 6.18. The Hall–Kier alpha value is -1.49. The first kappa shape index (κ1) is 13.9. The summed E-state index contributed by atoms with van der Waals surface area (Å²) in [5.74, 6) is -0.483. The van der Waals surface area contributed by atoms with E-state index in [1.807, 2.05) is 0 Å². The van der Waals surface area contributed by atoms with E-state index >= 15 is 0 Å². The molecule has 104 valence electrons. The summed E-state index contributed by atoms with van der Waals surface area (Å²) in [7, 11) is 0. The number of nitrogens with one attached hydrogen (secondary N) is 1. The quantitative estimate of drug-likeness (QED) is 0.844. The second kappa shape index (κ2) is 6.10. The third-order valence-corrected chi connectivity index (χ3v) is 3.54. The molecule has 1 atom stereocenters. The van der Waals surface area contributed by atoms with Crippen molar-refractivity contribution >= 4 is 11.0 Å². The van der Waals surface area contributed by atoms with Crippen molar-refractivity contribution in [3.05, 3.63) is 29.6 Å². The number of hydrogen-bond donors (Lipinski definition) is 2. The highest BCUT2D eigenvalue weighted by molar-refractivity contribution is 5.75. The number of hydrogen-bond acceptors (Lipinski definition) is 2. The molecule has 5 heteroatoms. The lowest BCUT2D eigenvalue weighted by atomic mass is 9.96. The van der Waals surface area contributed by atoms with Gasteiger partial charge in [0.15, 0.2) is 11.6 Å². The van der Waals surface area contributed by atoms with Crippen LogP contribution in [0, 0.1) is 17.6 Å². The molecule has 19 heavy (non-hydrogen) atoms. The number of fused-ring (bicyclic) bond motifs is 1. The standard InChI is InChI=1S/C14H19F2N3/c1-2-9(7-8-17)3-6-12-18-11-5-4-10(15)13(16)14(11)19-12/h4-5,9H,2-3,6-8,17H2,1H3,(H,18,19). The van der Waals surface area contributed by atoms with E-state index in [0.717, 1.165) is 31.7 Å². The predicted octanol–water partition coefficient (Wildman–Crippen LogP) is 3.15. The average Bonchev–Trinajstić information content (AvgIpc) is 2.83. The smallest absolute Gasteiger partial charge is 0.186 e. The number of aryl methyl sites for hydroxylation is 1. The second-order valence-corrected chi connectivity index (χ2v) is 4.83. The third-order valence-electron chi connectivity index (χ3n) is 3.54. The molecule has 1 unspecified atom stereocenters. The molecule has 0 amide bonds. The maximum Gasteiger partial charge on any atom is 0.186 e. The molecule has 2 rings (SSSR count). The Bertz CT molecular complexity index is 551. The maximum absolute atomic E-state index is 13.5. The molecule has 0 radical (unpaired) electrons. The van der Waals surface area contributed by atoms with Crippen molar-refractivity contribution in [1.29, 1.82) is 0 Å². The van der Waals surface area contributed by atoms with Gasteiger partial charge in [-0.25, -0.2) is 13.8 Å². The largest absolute Gasteiger partial charge is 0.342 e. The van der Waals surface area contributed by atoms with E-state index in [2.05, 4.69) is 16.9 Å². The zero-order valence-corrected chi connectivity index (χ0v) is 11.0. The van der Waals surface area contributed by atoms with Gasteiger partial charge in [0.25, 0.3) is 0 Å². The summed E-state index contributed by atoms with van der Waals surface area (Å²) < 4.78 is 26.6. The first-order chi connectivity index (χ1) is 9.15. The predicted molar refractivity (Wildman–Crippen MR) is 71.8 cm³/mol. The van der Waals surface area contributed by atoms with Crippen LogP contribution in [-0.4, -0.2) is 16.5 Å². The molecular weight excluding hydrogens is 248 g/mol. The molecule has 3 nitrogen and oxygen atoms in total. The molecule has 1 aromatic carbocycles. The fourth-order valence-electron chi connectivity index (χ4n) is 2.32. The van der Waals surface area contributed by atoms with Crippen LogP contribution in [0.15, 0.2) is 12.1 Å². The molecule has 0 fully saturated rings. The van der Waals surface area contributed by atoms with Crippen molar-refractivity contribution in [2.45, 2.75) is 32.6 Å². The van der Waals surface area contributed by atoms with Crippen LogP contribution in [0.5, 0.6) is 0 Å². The lowest BCUT2D eigenvalue weighted by Gasteiger charge is -2.11. The van der Waals surface area contributed by atoms with Gasteiger partial charge in [-0.3, -0.25) is 0 Å². The second-order valence-electron chi connectivity index (χ2n) is 4.83. The Balaban J connectivity index is 2.11. The molecule has 0 aliphatic heterocycles. The fourth-order valence-corrected chi connectivity index (χ4v) is 2.32. The zero-order valence-electron chi connectivity index (χ0n) is 11.0. The Labute approximate surface area is 111 Å². The topological polar surface area (TPSA) is 54.7 Å². The fraction of sp³-hybridized carbons (Fsp3) is 0.500. The van der Waals surface area contributed by atoms with E-state index in [9.17, 15) is 8.78 Å². The number of imidazole rings is 1. The lowest BCUT2D eigenvalue weighted by Crippen LogP contribution is -2.09. The summed E-state index contributed by atoms with van der Waals surface area (Å²) >= 11 is 0. The Morgan fingerprint density at radius 3 is 2.79 bits per heavy atom. The van der Waals surface area contributed by atoms with E-state index in [-0.39, 0.29) is 5.52 Å². The molecule has 0 aliphatic carbocycles. The van der Waals surface area contributed by atoms with E-state index in [1.165, 1.54) is 6.07 Å². The van der Waals surface area contributed by atoms with Crippen LogP contribution in [0.4, 0.5) is 8.78 Å². The number of benzene rings is 1. The average molecular weight is 267 g/mol. The molecule has 0 aliphatic rings. The SMILES string of the molecule is CCC(CCN)CCc1nc2c(F)c(F)ccc2[nH]1. The van der Waals surface area contributed by atoms with Gasteiger partial charge in [-0.15, -0.1) is 0 Å². The van der Waals surface area contributed by atoms with Crippen LogP contribution in [-0.2, 0) is 6.42 Å². The van der Waals surface area contributed by atoms with Crippen molar-refractivity contribution in [1.82, 2.24) is 9.97 Å². The molecular formula is C14H19F2N3. The van der Waals surface area contributed by atoms with Crippen LogP contribution in [0.1, 0.15) is 32.0 Å². The molecule has 2 aromatic rings. The molecule has 0 bridgehead atoms. The van der Waals surface area contributed by atoms with Gasteiger partial charge in [-0.1, -0.05) is 13.3 Å². The van der Waals surface area contributed by atoms with E-state index in [1.54, 1.807) is 0 Å². The monoisotopic (exact) mass is 267 g/mol. The third kappa shape index (κ3) is 3.10. The summed E-state index contributed by atoms with van der Waals surface area (Å²) in [6, 6.07) is 2.63. The van der Waals surface area contributed by atoms with Crippen LogP contribution in [0.25, 0.3) is 11.0 Å². The van der Waals surface area contributed by atoms with E-state index in [0.29, 0.717) is 23.8 Å². The van der Waals surface area contributed by atoms with E-state index < -0.39 is 11.6 Å². The van der Waals surface area contributed by atoms with Crippen LogP contribution < -0.4 is 5.73 Å². The molecule has 3 N–H and O–H groups in total. The van der Waals surface area contributed by atoms with Crippen molar-refractivity contribution < 1.29 is 8.78 Å². The maximum atomic E-state index is 13.5. The Kier molecular flexibility index (Phi) is 4.47. The van der Waals surface area contributed by atoms with Crippen LogP contribution in [0.2, 0.25) is 0 Å². The lowest BCUT2D eigenvalue weighted by molar-refractivity contribution is 0.440. The van der Waals surface area contributed by atoms with Crippen molar-refractivity contribution in [2.75, 3.05) is 6.54 Å². The van der Waals surface area contributed by atoms with Gasteiger partial charge in [0.05, 0.1) is 5.52 Å². The zero-order chi connectivity index (χ0) is 13.8. The first-order valence-electron chi connectivity index (χ1n) is 6.68. The molecule has 1 aromatic heterocycles. The highest BCUT2D eigenvalue weighted by atomic mass is 19.2. The van der Waals surface area contributed by atoms with Crippen LogP contribution in [0.3, 0.4) is 0 Å².